The van der Waals surface area contributed by atoms with Gasteiger partial charge in [0.1, 0.15) is 17.1 Å². The van der Waals surface area contributed by atoms with Crippen molar-refractivity contribution in [2.45, 2.75) is 57.0 Å². The normalized spacial score (nSPS) is 22.5. The molecule has 0 bridgehead atoms. The van der Waals surface area contributed by atoms with Crippen molar-refractivity contribution in [1.29, 1.82) is 0 Å². The SMILES string of the molecule is Cc1ncc2c(C3CCC3n3ccc4cnc(O)nc43)cn(C3CCC3)c2n1. The molecule has 2 unspecified atom stereocenters. The fraction of sp³-hybridized carbons (Fsp3) is 0.429. The smallest absolute Gasteiger partial charge is 0.315 e. The van der Waals surface area contributed by atoms with Crippen LogP contribution in [0.3, 0.4) is 0 Å². The summed E-state index contributed by atoms with van der Waals surface area (Å²) in [4.78, 5) is 17.4. The lowest BCUT2D eigenvalue weighted by atomic mass is 9.75. The summed E-state index contributed by atoms with van der Waals surface area (Å²) in [6, 6.07) is 2.75. The van der Waals surface area contributed by atoms with Gasteiger partial charge in [-0.25, -0.2) is 15.0 Å². The van der Waals surface area contributed by atoms with E-state index < -0.39 is 0 Å². The monoisotopic (exact) mass is 374 g/mol. The Morgan fingerprint density at radius 1 is 1.00 bits per heavy atom. The summed E-state index contributed by atoms with van der Waals surface area (Å²) >= 11 is 0. The topological polar surface area (TPSA) is 81.6 Å². The predicted molar refractivity (Wildman–Crippen MR) is 105 cm³/mol. The van der Waals surface area contributed by atoms with E-state index in [0.717, 1.165) is 35.3 Å². The van der Waals surface area contributed by atoms with Crippen molar-refractivity contribution in [3.8, 4) is 6.01 Å². The number of nitrogens with zero attached hydrogens (tertiary/aromatic N) is 6. The van der Waals surface area contributed by atoms with Crippen molar-refractivity contribution in [3.63, 3.8) is 0 Å². The first-order valence-electron chi connectivity index (χ1n) is 10.1. The van der Waals surface area contributed by atoms with Gasteiger partial charge in [0.2, 0.25) is 0 Å². The van der Waals surface area contributed by atoms with Gasteiger partial charge in [-0.3, -0.25) is 0 Å². The first-order valence-corrected chi connectivity index (χ1v) is 10.1. The number of aromatic nitrogens is 6. The molecule has 6 rings (SSSR count). The molecule has 2 fully saturated rings. The average molecular weight is 374 g/mol. The molecule has 1 N–H and O–H groups in total. The lowest BCUT2D eigenvalue weighted by Gasteiger charge is -2.38. The summed E-state index contributed by atoms with van der Waals surface area (Å²) in [5, 5.41) is 11.9. The molecule has 0 saturated heterocycles. The number of rotatable bonds is 3. The Kier molecular flexibility index (Phi) is 3.30. The molecule has 4 heterocycles. The van der Waals surface area contributed by atoms with E-state index in [0.29, 0.717) is 18.0 Å². The molecule has 142 valence electrons. The van der Waals surface area contributed by atoms with E-state index in [2.05, 4.69) is 36.5 Å². The third-order valence-electron chi connectivity index (χ3n) is 6.63. The fourth-order valence-electron chi connectivity index (χ4n) is 4.75. The Labute approximate surface area is 162 Å². The van der Waals surface area contributed by atoms with Gasteiger partial charge < -0.3 is 14.2 Å². The second-order valence-corrected chi connectivity index (χ2v) is 8.15. The summed E-state index contributed by atoms with van der Waals surface area (Å²) in [5.41, 5.74) is 3.23. The lowest BCUT2D eigenvalue weighted by Crippen LogP contribution is -2.27. The molecule has 4 aromatic rings. The first-order chi connectivity index (χ1) is 13.7. The molecule has 2 atom stereocenters. The average Bonchev–Trinajstić information content (AvgIpc) is 3.15. The van der Waals surface area contributed by atoms with Crippen LogP contribution in [0.5, 0.6) is 6.01 Å². The van der Waals surface area contributed by atoms with E-state index >= 15 is 0 Å². The van der Waals surface area contributed by atoms with Crippen LogP contribution in [0.25, 0.3) is 22.1 Å². The fourth-order valence-corrected chi connectivity index (χ4v) is 4.75. The molecule has 0 aromatic carbocycles. The molecule has 2 saturated carbocycles. The molecule has 2 aliphatic carbocycles. The van der Waals surface area contributed by atoms with Crippen molar-refractivity contribution in [3.05, 3.63) is 42.2 Å². The zero-order valence-corrected chi connectivity index (χ0v) is 15.8. The highest BCUT2D eigenvalue weighted by Gasteiger charge is 2.37. The third kappa shape index (κ3) is 2.22. The molecule has 0 radical (unpaired) electrons. The zero-order valence-electron chi connectivity index (χ0n) is 15.8. The highest BCUT2D eigenvalue weighted by atomic mass is 16.3. The summed E-state index contributed by atoms with van der Waals surface area (Å²) in [6.45, 7) is 1.96. The second-order valence-electron chi connectivity index (χ2n) is 8.15. The molecule has 4 aromatic heterocycles. The third-order valence-corrected chi connectivity index (χ3v) is 6.63. The van der Waals surface area contributed by atoms with Crippen molar-refractivity contribution in [2.24, 2.45) is 0 Å². The van der Waals surface area contributed by atoms with Gasteiger partial charge in [0.15, 0.2) is 0 Å². The van der Waals surface area contributed by atoms with Crippen LogP contribution >= 0.6 is 0 Å². The number of aromatic hydroxyl groups is 1. The van der Waals surface area contributed by atoms with Crippen LogP contribution in [0.4, 0.5) is 0 Å². The molecular weight excluding hydrogens is 352 g/mol. The molecule has 7 nitrogen and oxygen atoms in total. The molecule has 28 heavy (non-hydrogen) atoms. The highest BCUT2D eigenvalue weighted by molar-refractivity contribution is 5.81. The van der Waals surface area contributed by atoms with Crippen molar-refractivity contribution >= 4 is 22.1 Å². The van der Waals surface area contributed by atoms with E-state index in [4.69, 9.17) is 4.98 Å². The van der Waals surface area contributed by atoms with Crippen LogP contribution in [0.1, 0.15) is 61.5 Å². The van der Waals surface area contributed by atoms with Crippen molar-refractivity contribution < 1.29 is 5.11 Å². The van der Waals surface area contributed by atoms with Crippen LogP contribution in [-0.4, -0.2) is 34.2 Å². The van der Waals surface area contributed by atoms with Gasteiger partial charge in [0.05, 0.1) is 0 Å². The maximum atomic E-state index is 9.74. The largest absolute Gasteiger partial charge is 0.479 e. The zero-order chi connectivity index (χ0) is 18.8. The van der Waals surface area contributed by atoms with Gasteiger partial charge in [-0.05, 0) is 50.7 Å². The summed E-state index contributed by atoms with van der Waals surface area (Å²) in [5.74, 6) is 1.23. The minimum absolute atomic E-state index is 0.172. The number of aryl methyl sites for hydroxylation is 1. The maximum Gasteiger partial charge on any atom is 0.315 e. The van der Waals surface area contributed by atoms with E-state index in [1.165, 1.54) is 30.2 Å². The lowest BCUT2D eigenvalue weighted by molar-refractivity contribution is 0.261. The van der Waals surface area contributed by atoms with Crippen LogP contribution in [0.2, 0.25) is 0 Å². The van der Waals surface area contributed by atoms with Gasteiger partial charge in [0.25, 0.3) is 0 Å². The Morgan fingerprint density at radius 2 is 1.89 bits per heavy atom. The molecule has 0 aliphatic heterocycles. The second kappa shape index (κ2) is 5.77. The highest BCUT2D eigenvalue weighted by Crippen LogP contribution is 2.50. The maximum absolute atomic E-state index is 9.74. The van der Waals surface area contributed by atoms with Crippen LogP contribution in [0.15, 0.2) is 30.9 Å². The first kappa shape index (κ1) is 16.0. The quantitative estimate of drug-likeness (QED) is 0.585. The van der Waals surface area contributed by atoms with Crippen LogP contribution in [-0.2, 0) is 0 Å². The number of hydrogen-bond donors (Lipinski definition) is 1. The van der Waals surface area contributed by atoms with Gasteiger partial charge in [-0.2, -0.15) is 4.98 Å². The summed E-state index contributed by atoms with van der Waals surface area (Å²) in [7, 11) is 0. The van der Waals surface area contributed by atoms with Crippen LogP contribution < -0.4 is 0 Å². The predicted octanol–water partition coefficient (Wildman–Crippen LogP) is 4.03. The van der Waals surface area contributed by atoms with E-state index in [-0.39, 0.29) is 6.01 Å². The molecule has 2 aliphatic rings. The van der Waals surface area contributed by atoms with Crippen molar-refractivity contribution in [1.82, 2.24) is 29.1 Å². The summed E-state index contributed by atoms with van der Waals surface area (Å²) < 4.78 is 4.59. The van der Waals surface area contributed by atoms with Gasteiger partial charge in [0, 0.05) is 53.6 Å². The Bertz CT molecular complexity index is 1200. The summed E-state index contributed by atoms with van der Waals surface area (Å²) in [6.07, 6.45) is 14.1. The van der Waals surface area contributed by atoms with E-state index in [1.807, 2.05) is 19.2 Å². The Balaban J connectivity index is 1.46. The van der Waals surface area contributed by atoms with E-state index in [9.17, 15) is 5.11 Å². The minimum atomic E-state index is -0.172. The standard InChI is InChI=1S/C21H22N6O/c1-12-22-10-16-17(11-27(20(16)24-12)14-3-2-4-14)15-5-6-18(15)26-8-7-13-9-23-21(28)25-19(13)26/h7-11,14-15,18H,2-6H2,1H3,(H,23,25,28). The molecule has 0 spiro atoms. The number of hydrogen-bond acceptors (Lipinski definition) is 5. The van der Waals surface area contributed by atoms with Gasteiger partial charge >= 0.3 is 6.01 Å². The van der Waals surface area contributed by atoms with Crippen molar-refractivity contribution in [2.75, 3.05) is 0 Å². The number of fused-ring (bicyclic) bond motifs is 2. The van der Waals surface area contributed by atoms with Gasteiger partial charge in [-0.15, -0.1) is 0 Å². The molecular formula is C21H22N6O. The Morgan fingerprint density at radius 3 is 2.64 bits per heavy atom. The van der Waals surface area contributed by atoms with E-state index in [1.54, 1.807) is 6.20 Å². The minimum Gasteiger partial charge on any atom is -0.479 e. The Hall–Kier alpha value is -2.96. The molecule has 7 heteroatoms. The molecule has 0 amide bonds. The van der Waals surface area contributed by atoms with Crippen LogP contribution in [0, 0.1) is 6.92 Å². The van der Waals surface area contributed by atoms with Gasteiger partial charge in [-0.1, -0.05) is 0 Å².